The molecule has 2 fully saturated rings. The number of amides is 3. The lowest BCUT2D eigenvalue weighted by Crippen LogP contribution is -2.41. The molecule has 1 aromatic heterocycles. The fourth-order valence-corrected chi connectivity index (χ4v) is 4.42. The average molecular weight is 444 g/mol. The first-order valence-corrected chi connectivity index (χ1v) is 10.1. The zero-order valence-electron chi connectivity index (χ0n) is 16.1. The van der Waals surface area contributed by atoms with Crippen molar-refractivity contribution in [3.8, 4) is 0 Å². The molecule has 0 radical (unpaired) electrons. The normalized spacial score (nSPS) is 21.9. The first-order chi connectivity index (χ1) is 13.2. The van der Waals surface area contributed by atoms with Crippen LogP contribution in [-0.2, 0) is 10.3 Å². The van der Waals surface area contributed by atoms with Crippen LogP contribution in [0.4, 0.5) is 4.79 Å². The lowest BCUT2D eigenvalue weighted by Gasteiger charge is -2.22. The number of Topliss-reactive ketones (excluding diaryl/α,β-unsaturated/α-hetero) is 1. The lowest BCUT2D eigenvalue weighted by atomic mass is 9.92. The Kier molecular flexibility index (Phi) is 4.45. The Morgan fingerprint density at radius 1 is 1.25 bits per heavy atom. The highest BCUT2D eigenvalue weighted by molar-refractivity contribution is 9.10. The number of nitrogens with one attached hydrogen (secondary N) is 1. The van der Waals surface area contributed by atoms with E-state index in [0.29, 0.717) is 17.2 Å². The largest absolute Gasteiger partial charge is 0.345 e. The van der Waals surface area contributed by atoms with Crippen LogP contribution in [0.15, 0.2) is 34.8 Å². The smallest absolute Gasteiger partial charge is 0.325 e. The van der Waals surface area contributed by atoms with Crippen LogP contribution in [0.3, 0.4) is 0 Å². The summed E-state index contributed by atoms with van der Waals surface area (Å²) in [7, 11) is 0. The number of imide groups is 1. The second kappa shape index (κ2) is 6.58. The Bertz CT molecular complexity index is 1010. The topological polar surface area (TPSA) is 71.4 Å². The summed E-state index contributed by atoms with van der Waals surface area (Å²) in [4.78, 5) is 39.5. The van der Waals surface area contributed by atoms with Gasteiger partial charge < -0.3 is 9.88 Å². The minimum Gasteiger partial charge on any atom is -0.345 e. The molecule has 1 atom stereocenters. The number of carbonyl (C=O) groups is 3. The molecule has 2 heterocycles. The molecule has 0 spiro atoms. The first kappa shape index (κ1) is 18.9. The van der Waals surface area contributed by atoms with Crippen molar-refractivity contribution in [1.29, 1.82) is 0 Å². The van der Waals surface area contributed by atoms with Crippen molar-refractivity contribution in [2.45, 2.75) is 45.2 Å². The molecule has 1 saturated carbocycles. The monoisotopic (exact) mass is 443 g/mol. The van der Waals surface area contributed by atoms with Crippen LogP contribution in [0.2, 0.25) is 0 Å². The van der Waals surface area contributed by atoms with Crippen LogP contribution in [-0.4, -0.2) is 33.7 Å². The van der Waals surface area contributed by atoms with Gasteiger partial charge in [-0.05, 0) is 57.4 Å². The van der Waals surface area contributed by atoms with E-state index < -0.39 is 17.5 Å². The minimum atomic E-state index is -1.19. The molecular formula is C21H22BrN3O3. The van der Waals surface area contributed by atoms with E-state index in [1.165, 1.54) is 0 Å². The van der Waals surface area contributed by atoms with Gasteiger partial charge in [-0.2, -0.15) is 0 Å². The van der Waals surface area contributed by atoms with Crippen molar-refractivity contribution in [3.63, 3.8) is 0 Å². The number of ketones is 1. The van der Waals surface area contributed by atoms with E-state index in [1.807, 2.05) is 32.0 Å². The van der Waals surface area contributed by atoms with E-state index in [1.54, 1.807) is 19.1 Å². The molecule has 1 saturated heterocycles. The van der Waals surface area contributed by atoms with Crippen LogP contribution in [0.1, 0.15) is 53.1 Å². The summed E-state index contributed by atoms with van der Waals surface area (Å²) in [5, 5.41) is 2.75. The molecule has 1 aliphatic heterocycles. The minimum absolute atomic E-state index is 0.220. The molecule has 3 amide bonds. The SMILES string of the molecule is Cc1cc(C(=O)CN2C(=O)N[C@](C)(c3cccc(Br)c3)C2=O)c(C)n1C1CC1. The molecule has 1 aromatic carbocycles. The molecule has 28 heavy (non-hydrogen) atoms. The molecule has 0 unspecified atom stereocenters. The Hall–Kier alpha value is -2.41. The van der Waals surface area contributed by atoms with E-state index >= 15 is 0 Å². The number of rotatable bonds is 5. The number of aryl methyl sites for hydroxylation is 1. The van der Waals surface area contributed by atoms with Crippen LogP contribution in [0.25, 0.3) is 0 Å². The third-order valence-corrected chi connectivity index (χ3v) is 6.17. The van der Waals surface area contributed by atoms with Crippen molar-refractivity contribution in [2.24, 2.45) is 0 Å². The van der Waals surface area contributed by atoms with Gasteiger partial charge in [0.25, 0.3) is 5.91 Å². The maximum absolute atomic E-state index is 13.1. The van der Waals surface area contributed by atoms with E-state index in [2.05, 4.69) is 25.8 Å². The maximum atomic E-state index is 13.1. The molecule has 4 rings (SSSR count). The molecule has 2 aliphatic rings. The van der Waals surface area contributed by atoms with Crippen LogP contribution < -0.4 is 5.32 Å². The fraction of sp³-hybridized carbons (Fsp3) is 0.381. The molecule has 1 N–H and O–H groups in total. The van der Waals surface area contributed by atoms with Crippen molar-refractivity contribution in [1.82, 2.24) is 14.8 Å². The number of urea groups is 1. The van der Waals surface area contributed by atoms with Gasteiger partial charge in [-0.1, -0.05) is 28.1 Å². The summed E-state index contributed by atoms with van der Waals surface area (Å²) in [5.74, 6) is -0.637. The highest BCUT2D eigenvalue weighted by Gasteiger charge is 2.49. The lowest BCUT2D eigenvalue weighted by molar-refractivity contribution is -0.130. The number of hydrogen-bond donors (Lipinski definition) is 1. The van der Waals surface area contributed by atoms with Gasteiger partial charge in [-0.15, -0.1) is 0 Å². The molecule has 2 aromatic rings. The second-order valence-electron chi connectivity index (χ2n) is 7.77. The average Bonchev–Trinajstić information content (AvgIpc) is 3.39. The van der Waals surface area contributed by atoms with Gasteiger partial charge >= 0.3 is 6.03 Å². The van der Waals surface area contributed by atoms with Gasteiger partial charge in [-0.3, -0.25) is 14.5 Å². The van der Waals surface area contributed by atoms with Crippen molar-refractivity contribution in [2.75, 3.05) is 6.54 Å². The van der Waals surface area contributed by atoms with Gasteiger partial charge in [-0.25, -0.2) is 4.79 Å². The number of nitrogens with zero attached hydrogens (tertiary/aromatic N) is 2. The summed E-state index contributed by atoms with van der Waals surface area (Å²) >= 11 is 3.39. The van der Waals surface area contributed by atoms with E-state index in [9.17, 15) is 14.4 Å². The van der Waals surface area contributed by atoms with Gasteiger partial charge in [0.05, 0.1) is 6.54 Å². The second-order valence-corrected chi connectivity index (χ2v) is 8.68. The Labute approximate surface area is 172 Å². The highest BCUT2D eigenvalue weighted by Crippen LogP contribution is 2.38. The molecular weight excluding hydrogens is 422 g/mol. The van der Waals surface area contributed by atoms with Crippen molar-refractivity contribution < 1.29 is 14.4 Å². The fourth-order valence-electron chi connectivity index (χ4n) is 4.02. The standard InChI is InChI=1S/C21H22BrN3O3/c1-12-9-17(13(2)25(12)16-7-8-16)18(26)11-24-19(27)21(3,23-20(24)28)14-5-4-6-15(22)10-14/h4-6,9-10,16H,7-8,11H2,1-3H3,(H,23,28)/t21-/m1/s1. The highest BCUT2D eigenvalue weighted by atomic mass is 79.9. The van der Waals surface area contributed by atoms with Gasteiger partial charge in [0.2, 0.25) is 0 Å². The predicted molar refractivity (Wildman–Crippen MR) is 108 cm³/mol. The zero-order chi connectivity index (χ0) is 20.2. The summed E-state index contributed by atoms with van der Waals surface area (Å²) in [6.07, 6.45) is 2.25. The molecule has 0 bridgehead atoms. The summed E-state index contributed by atoms with van der Waals surface area (Å²) in [5.41, 5.74) is 2.01. The Balaban J connectivity index is 1.59. The van der Waals surface area contributed by atoms with Gasteiger partial charge in [0, 0.05) is 27.5 Å². The first-order valence-electron chi connectivity index (χ1n) is 9.34. The van der Waals surface area contributed by atoms with E-state index in [4.69, 9.17) is 0 Å². The predicted octanol–water partition coefficient (Wildman–Crippen LogP) is 3.85. The number of aromatic nitrogens is 1. The van der Waals surface area contributed by atoms with Crippen molar-refractivity contribution in [3.05, 3.63) is 57.3 Å². The van der Waals surface area contributed by atoms with Crippen LogP contribution in [0, 0.1) is 13.8 Å². The third kappa shape index (κ3) is 2.98. The number of benzene rings is 1. The van der Waals surface area contributed by atoms with Crippen LogP contribution in [0.5, 0.6) is 0 Å². The quantitative estimate of drug-likeness (QED) is 0.563. The molecule has 6 nitrogen and oxygen atoms in total. The number of hydrogen-bond acceptors (Lipinski definition) is 3. The Morgan fingerprint density at radius 3 is 2.61 bits per heavy atom. The maximum Gasteiger partial charge on any atom is 0.325 e. The molecule has 146 valence electrons. The van der Waals surface area contributed by atoms with E-state index in [0.717, 1.165) is 33.6 Å². The number of halogens is 1. The van der Waals surface area contributed by atoms with Crippen molar-refractivity contribution >= 4 is 33.7 Å². The van der Waals surface area contributed by atoms with Gasteiger partial charge in [0.1, 0.15) is 5.54 Å². The third-order valence-electron chi connectivity index (χ3n) is 5.68. The number of carbonyl (C=O) groups excluding carboxylic acids is 3. The van der Waals surface area contributed by atoms with Crippen LogP contribution >= 0.6 is 15.9 Å². The van der Waals surface area contributed by atoms with Gasteiger partial charge in [0.15, 0.2) is 5.78 Å². The molecule has 1 aliphatic carbocycles. The molecule has 7 heteroatoms. The summed E-state index contributed by atoms with van der Waals surface area (Å²) in [6.45, 7) is 5.32. The zero-order valence-corrected chi connectivity index (χ0v) is 17.7. The van der Waals surface area contributed by atoms with E-state index in [-0.39, 0.29) is 12.3 Å². The summed E-state index contributed by atoms with van der Waals surface area (Å²) < 4.78 is 3.00. The summed E-state index contributed by atoms with van der Waals surface area (Å²) in [6, 6.07) is 9.04. The Morgan fingerprint density at radius 2 is 1.96 bits per heavy atom.